The highest BCUT2D eigenvalue weighted by Crippen LogP contribution is 2.33. The SMILES string of the molecule is O=C(O)c1ccc(CSC(CNS(=O)(=O)c2ccc(Cl)cc2)c2cccc(/C=C/c3ccc4ccc(Cl)cc4n3)c2)cc1. The Morgan fingerprint density at radius 3 is 2.35 bits per heavy atom. The molecule has 0 saturated carbocycles. The number of carboxylic acid groups (broad SMARTS) is 1. The number of hydrogen-bond donors (Lipinski definition) is 2. The van der Waals surface area contributed by atoms with E-state index in [2.05, 4.69) is 9.71 Å². The third-order valence-corrected chi connectivity index (χ3v) is 9.91. The van der Waals surface area contributed by atoms with Crippen molar-refractivity contribution in [2.75, 3.05) is 6.54 Å². The van der Waals surface area contributed by atoms with Gasteiger partial charge in [-0.05, 0) is 77.4 Å². The van der Waals surface area contributed by atoms with Gasteiger partial charge in [0.1, 0.15) is 0 Å². The molecule has 0 spiro atoms. The lowest BCUT2D eigenvalue weighted by Crippen LogP contribution is -2.27. The van der Waals surface area contributed by atoms with Crippen LogP contribution in [0.3, 0.4) is 0 Å². The third-order valence-electron chi connectivity index (χ3n) is 6.64. The summed E-state index contributed by atoms with van der Waals surface area (Å²) in [6, 6.07) is 30.1. The largest absolute Gasteiger partial charge is 0.478 e. The van der Waals surface area contributed by atoms with E-state index < -0.39 is 16.0 Å². The van der Waals surface area contributed by atoms with Crippen LogP contribution in [0.4, 0.5) is 0 Å². The molecule has 10 heteroatoms. The number of halogens is 2. The summed E-state index contributed by atoms with van der Waals surface area (Å²) in [7, 11) is -3.77. The average molecular weight is 650 g/mol. The fraction of sp³-hybridized carbons (Fsp3) is 0.0909. The second kappa shape index (κ2) is 13.8. The molecular weight excluding hydrogens is 623 g/mol. The van der Waals surface area contributed by atoms with Gasteiger partial charge in [-0.25, -0.2) is 22.9 Å². The second-order valence-electron chi connectivity index (χ2n) is 9.68. The molecule has 6 nitrogen and oxygen atoms in total. The quantitative estimate of drug-likeness (QED) is 0.149. The number of carbonyl (C=O) groups is 1. The number of sulfonamides is 1. The summed E-state index contributed by atoms with van der Waals surface area (Å²) in [4.78, 5) is 16.0. The summed E-state index contributed by atoms with van der Waals surface area (Å²) in [5, 5.41) is 11.0. The summed E-state index contributed by atoms with van der Waals surface area (Å²) in [5.41, 5.74) is 4.60. The molecule has 5 rings (SSSR count). The lowest BCUT2D eigenvalue weighted by molar-refractivity contribution is 0.0697. The van der Waals surface area contributed by atoms with E-state index in [1.165, 1.54) is 24.3 Å². The highest BCUT2D eigenvalue weighted by Gasteiger charge is 2.19. The Balaban J connectivity index is 1.37. The number of nitrogens with one attached hydrogen (secondary N) is 1. The lowest BCUT2D eigenvalue weighted by atomic mass is 10.1. The van der Waals surface area contributed by atoms with Gasteiger partial charge in [-0.3, -0.25) is 0 Å². The molecule has 0 amide bonds. The van der Waals surface area contributed by atoms with Crippen LogP contribution in [0.25, 0.3) is 23.1 Å². The van der Waals surface area contributed by atoms with Crippen molar-refractivity contribution in [3.8, 4) is 0 Å². The second-order valence-corrected chi connectivity index (χ2v) is 13.5. The fourth-order valence-electron chi connectivity index (χ4n) is 4.34. The monoisotopic (exact) mass is 648 g/mol. The van der Waals surface area contributed by atoms with Gasteiger partial charge in [0, 0.05) is 33.0 Å². The molecular formula is C33H26Cl2N2O4S2. The number of aromatic carboxylic acids is 1. The predicted octanol–water partition coefficient (Wildman–Crippen LogP) is 8.36. The fourth-order valence-corrected chi connectivity index (χ4v) is 6.91. The van der Waals surface area contributed by atoms with Crippen LogP contribution < -0.4 is 4.72 Å². The van der Waals surface area contributed by atoms with Gasteiger partial charge in [0.05, 0.1) is 21.7 Å². The summed E-state index contributed by atoms with van der Waals surface area (Å²) < 4.78 is 28.8. The molecule has 0 fully saturated rings. The Labute approximate surface area is 264 Å². The number of benzene rings is 4. The normalized spacial score (nSPS) is 12.5. The summed E-state index contributed by atoms with van der Waals surface area (Å²) in [5.74, 6) is -0.433. The zero-order chi connectivity index (χ0) is 30.4. The van der Waals surface area contributed by atoms with Crippen molar-refractivity contribution in [3.63, 3.8) is 0 Å². The van der Waals surface area contributed by atoms with Gasteiger partial charge in [0.25, 0.3) is 0 Å². The van der Waals surface area contributed by atoms with E-state index in [4.69, 9.17) is 23.2 Å². The number of hydrogen-bond acceptors (Lipinski definition) is 5. The zero-order valence-electron chi connectivity index (χ0n) is 22.7. The highest BCUT2D eigenvalue weighted by molar-refractivity contribution is 7.98. The van der Waals surface area contributed by atoms with Crippen LogP contribution in [0.1, 0.15) is 38.0 Å². The Morgan fingerprint density at radius 1 is 0.884 bits per heavy atom. The Hall–Kier alpha value is -3.66. The van der Waals surface area contributed by atoms with E-state index in [1.54, 1.807) is 36.0 Å². The Morgan fingerprint density at radius 2 is 1.60 bits per heavy atom. The molecule has 5 aromatic rings. The van der Waals surface area contributed by atoms with Gasteiger partial charge in [0.15, 0.2) is 0 Å². The topological polar surface area (TPSA) is 96.4 Å². The van der Waals surface area contributed by atoms with Gasteiger partial charge in [-0.2, -0.15) is 0 Å². The van der Waals surface area contributed by atoms with Crippen LogP contribution in [0, 0.1) is 0 Å². The summed E-state index contributed by atoms with van der Waals surface area (Å²) in [6.07, 6.45) is 3.89. The maximum absolute atomic E-state index is 13.0. The van der Waals surface area contributed by atoms with Crippen LogP contribution in [0.15, 0.2) is 108 Å². The van der Waals surface area contributed by atoms with E-state index in [0.717, 1.165) is 33.3 Å². The number of nitrogens with zero attached hydrogens (tertiary/aromatic N) is 1. The van der Waals surface area contributed by atoms with E-state index in [9.17, 15) is 18.3 Å². The maximum atomic E-state index is 13.0. The first-order chi connectivity index (χ1) is 20.7. The number of rotatable bonds is 11. The van der Waals surface area contributed by atoms with Crippen LogP contribution >= 0.6 is 35.0 Å². The van der Waals surface area contributed by atoms with Gasteiger partial charge >= 0.3 is 5.97 Å². The van der Waals surface area contributed by atoms with Gasteiger partial charge in [-0.1, -0.05) is 77.8 Å². The smallest absolute Gasteiger partial charge is 0.335 e. The van der Waals surface area contributed by atoms with Crippen molar-refractivity contribution in [2.24, 2.45) is 0 Å². The van der Waals surface area contributed by atoms with Gasteiger partial charge in [0.2, 0.25) is 10.0 Å². The van der Waals surface area contributed by atoms with Gasteiger partial charge in [-0.15, -0.1) is 11.8 Å². The van der Waals surface area contributed by atoms with Crippen molar-refractivity contribution < 1.29 is 18.3 Å². The van der Waals surface area contributed by atoms with Crippen molar-refractivity contribution in [3.05, 3.63) is 141 Å². The predicted molar refractivity (Wildman–Crippen MR) is 176 cm³/mol. The minimum atomic E-state index is -3.77. The first-order valence-corrected chi connectivity index (χ1v) is 16.5. The van der Waals surface area contributed by atoms with Crippen LogP contribution in [0.5, 0.6) is 0 Å². The van der Waals surface area contributed by atoms with Crippen molar-refractivity contribution in [2.45, 2.75) is 15.9 Å². The van der Waals surface area contributed by atoms with Crippen LogP contribution in [0.2, 0.25) is 10.0 Å². The van der Waals surface area contributed by atoms with Crippen LogP contribution in [-0.4, -0.2) is 31.0 Å². The Bertz CT molecular complexity index is 1900. The third kappa shape index (κ3) is 8.25. The molecule has 0 radical (unpaired) electrons. The van der Waals surface area contributed by atoms with Crippen LogP contribution in [-0.2, 0) is 15.8 Å². The molecule has 2 N–H and O–H groups in total. The van der Waals surface area contributed by atoms with E-state index >= 15 is 0 Å². The molecule has 43 heavy (non-hydrogen) atoms. The number of carboxylic acids is 1. The zero-order valence-corrected chi connectivity index (χ0v) is 25.8. The molecule has 0 aliphatic carbocycles. The minimum absolute atomic E-state index is 0.130. The molecule has 218 valence electrons. The Kier molecular flexibility index (Phi) is 9.85. The number of aromatic nitrogens is 1. The minimum Gasteiger partial charge on any atom is -0.478 e. The highest BCUT2D eigenvalue weighted by atomic mass is 35.5. The molecule has 1 heterocycles. The standard InChI is InChI=1S/C33H26Cl2N2O4S2/c34-27-12-16-30(17-13-27)43(40,41)36-20-32(42-21-23-4-7-25(8-5-23)33(38)39)26-3-1-2-22(18-26)6-14-29-15-10-24-9-11-28(35)19-31(24)37-29/h1-19,32,36H,20-21H2,(H,38,39)/b14-6+. The average Bonchev–Trinajstić information content (AvgIpc) is 3.00. The number of thioether (sulfide) groups is 1. The van der Waals surface area contributed by atoms with E-state index in [1.807, 2.05) is 66.7 Å². The molecule has 0 aliphatic rings. The van der Waals surface area contributed by atoms with E-state index in [0.29, 0.717) is 15.8 Å². The summed E-state index contributed by atoms with van der Waals surface area (Å²) >= 11 is 13.6. The molecule has 1 unspecified atom stereocenters. The van der Waals surface area contributed by atoms with E-state index in [-0.39, 0.29) is 22.3 Å². The number of pyridine rings is 1. The molecule has 1 atom stereocenters. The lowest BCUT2D eigenvalue weighted by Gasteiger charge is -2.19. The first-order valence-electron chi connectivity index (χ1n) is 13.2. The number of fused-ring (bicyclic) bond motifs is 1. The molecule has 0 aliphatic heterocycles. The van der Waals surface area contributed by atoms with Crippen molar-refractivity contribution >= 4 is 74.0 Å². The van der Waals surface area contributed by atoms with Crippen molar-refractivity contribution in [1.29, 1.82) is 0 Å². The maximum Gasteiger partial charge on any atom is 0.335 e. The summed E-state index contributed by atoms with van der Waals surface area (Å²) in [6.45, 7) is 0.142. The first kappa shape index (κ1) is 30.8. The molecule has 0 bridgehead atoms. The van der Waals surface area contributed by atoms with Gasteiger partial charge < -0.3 is 5.11 Å². The molecule has 1 aromatic heterocycles. The van der Waals surface area contributed by atoms with Crippen molar-refractivity contribution in [1.82, 2.24) is 9.71 Å². The molecule has 0 saturated heterocycles. The molecule has 4 aromatic carbocycles.